The Balaban J connectivity index is 2.07. The summed E-state index contributed by atoms with van der Waals surface area (Å²) >= 11 is 0. The number of ether oxygens (including phenoxy) is 2. The highest BCUT2D eigenvalue weighted by Crippen LogP contribution is 2.43. The fourth-order valence-electron chi connectivity index (χ4n) is 2.87. The maximum atomic E-state index is 11.3. The molecule has 2 atom stereocenters. The van der Waals surface area contributed by atoms with Gasteiger partial charge in [0.25, 0.3) is 0 Å². The minimum Gasteiger partial charge on any atom is -0.481 e. The van der Waals surface area contributed by atoms with Gasteiger partial charge in [-0.3, -0.25) is 4.79 Å². The molecular formula is C12H18O5. The van der Waals surface area contributed by atoms with Crippen molar-refractivity contribution in [3.05, 3.63) is 0 Å². The number of carbonyl (C=O) groups excluding carboxylic acids is 1. The van der Waals surface area contributed by atoms with Gasteiger partial charge in [-0.05, 0) is 19.3 Å². The molecule has 0 aromatic heterocycles. The van der Waals surface area contributed by atoms with Crippen molar-refractivity contribution < 1.29 is 24.2 Å². The number of carbonyl (C=O) groups is 2. The van der Waals surface area contributed by atoms with Crippen molar-refractivity contribution in [2.24, 2.45) is 11.8 Å². The van der Waals surface area contributed by atoms with E-state index in [1.54, 1.807) is 0 Å². The number of aliphatic carboxylic acids is 1. The molecule has 1 aliphatic carbocycles. The number of carboxylic acids is 1. The van der Waals surface area contributed by atoms with E-state index in [1.165, 1.54) is 6.92 Å². The zero-order valence-electron chi connectivity index (χ0n) is 9.98. The summed E-state index contributed by atoms with van der Waals surface area (Å²) in [6.07, 6.45) is 2.07. The molecule has 0 radical (unpaired) electrons. The number of hydrogen-bond acceptors (Lipinski definition) is 4. The highest BCUT2D eigenvalue weighted by Gasteiger charge is 2.47. The molecule has 1 spiro atoms. The van der Waals surface area contributed by atoms with Gasteiger partial charge in [-0.2, -0.15) is 0 Å². The Morgan fingerprint density at radius 3 is 2.53 bits per heavy atom. The summed E-state index contributed by atoms with van der Waals surface area (Å²) < 4.78 is 11.1. The number of carboxylic acid groups (broad SMARTS) is 1. The third-order valence-corrected chi connectivity index (χ3v) is 3.68. The normalized spacial score (nSPS) is 31.6. The third kappa shape index (κ3) is 2.66. The van der Waals surface area contributed by atoms with Crippen LogP contribution in [-0.2, 0) is 19.1 Å². The zero-order valence-corrected chi connectivity index (χ0v) is 9.98. The number of Topliss-reactive ketones (excluding diaryl/α,β-unsaturated/α-hetero) is 1. The molecule has 1 saturated carbocycles. The first-order valence-corrected chi connectivity index (χ1v) is 6.02. The van der Waals surface area contributed by atoms with E-state index in [4.69, 9.17) is 9.47 Å². The van der Waals surface area contributed by atoms with Crippen LogP contribution in [-0.4, -0.2) is 35.9 Å². The van der Waals surface area contributed by atoms with E-state index in [2.05, 4.69) is 0 Å². The van der Waals surface area contributed by atoms with Crippen molar-refractivity contribution in [3.63, 3.8) is 0 Å². The van der Waals surface area contributed by atoms with E-state index in [1.807, 2.05) is 0 Å². The molecule has 2 aliphatic rings. The molecule has 2 rings (SSSR count). The Labute approximate surface area is 100 Å². The first-order valence-electron chi connectivity index (χ1n) is 6.02. The molecule has 17 heavy (non-hydrogen) atoms. The Hall–Kier alpha value is -0.940. The summed E-state index contributed by atoms with van der Waals surface area (Å²) in [5.74, 6) is -2.12. The lowest BCUT2D eigenvalue weighted by Crippen LogP contribution is -2.43. The molecule has 1 heterocycles. The molecule has 1 N–H and O–H groups in total. The van der Waals surface area contributed by atoms with Crippen molar-refractivity contribution in [2.45, 2.75) is 38.4 Å². The van der Waals surface area contributed by atoms with Crippen LogP contribution in [0.4, 0.5) is 0 Å². The van der Waals surface area contributed by atoms with Gasteiger partial charge in [-0.1, -0.05) is 0 Å². The minimum atomic E-state index is -0.852. The highest BCUT2D eigenvalue weighted by molar-refractivity contribution is 5.77. The lowest BCUT2D eigenvalue weighted by molar-refractivity contribution is -0.201. The maximum Gasteiger partial charge on any atom is 0.306 e. The summed E-state index contributed by atoms with van der Waals surface area (Å²) in [5.41, 5.74) is 0. The van der Waals surface area contributed by atoms with Crippen LogP contribution in [0.25, 0.3) is 0 Å². The minimum absolute atomic E-state index is 0.0467. The number of hydrogen-bond donors (Lipinski definition) is 1. The van der Waals surface area contributed by atoms with Crippen LogP contribution in [0.5, 0.6) is 0 Å². The molecule has 0 aromatic rings. The van der Waals surface area contributed by atoms with Crippen LogP contribution in [0, 0.1) is 11.8 Å². The summed E-state index contributed by atoms with van der Waals surface area (Å²) in [6, 6.07) is 0. The van der Waals surface area contributed by atoms with E-state index in [-0.39, 0.29) is 11.7 Å². The second kappa shape index (κ2) is 4.74. The van der Waals surface area contributed by atoms with Gasteiger partial charge >= 0.3 is 5.97 Å². The van der Waals surface area contributed by atoms with Crippen LogP contribution in [0.1, 0.15) is 32.6 Å². The van der Waals surface area contributed by atoms with Gasteiger partial charge in [0.15, 0.2) is 5.79 Å². The summed E-state index contributed by atoms with van der Waals surface area (Å²) in [5, 5.41) is 9.24. The van der Waals surface area contributed by atoms with Gasteiger partial charge in [-0.25, -0.2) is 0 Å². The average Bonchev–Trinajstić information content (AvgIpc) is 2.69. The smallest absolute Gasteiger partial charge is 0.306 e. The van der Waals surface area contributed by atoms with Crippen LogP contribution in [0.2, 0.25) is 0 Å². The second-order valence-electron chi connectivity index (χ2n) is 4.96. The van der Waals surface area contributed by atoms with E-state index < -0.39 is 17.7 Å². The summed E-state index contributed by atoms with van der Waals surface area (Å²) in [7, 11) is 0. The molecule has 0 bridgehead atoms. The quantitative estimate of drug-likeness (QED) is 0.805. The van der Waals surface area contributed by atoms with Gasteiger partial charge in [-0.15, -0.1) is 0 Å². The predicted molar refractivity (Wildman–Crippen MR) is 58.4 cm³/mol. The SMILES string of the molecule is CC(=O)CC1CCC2(CC1C(=O)O)OCCO2. The lowest BCUT2D eigenvalue weighted by Gasteiger charge is -2.39. The standard InChI is InChI=1S/C12H18O5/c1-8(13)6-9-2-3-12(16-4-5-17-12)7-10(9)11(14)15/h9-10H,2-7H2,1H3,(H,14,15). The number of rotatable bonds is 3. The topological polar surface area (TPSA) is 72.8 Å². The summed E-state index contributed by atoms with van der Waals surface area (Å²) in [4.78, 5) is 22.4. The molecule has 1 aliphatic heterocycles. The fraction of sp³-hybridized carbons (Fsp3) is 0.833. The monoisotopic (exact) mass is 242 g/mol. The maximum absolute atomic E-state index is 11.3. The van der Waals surface area contributed by atoms with Crippen LogP contribution >= 0.6 is 0 Å². The molecule has 96 valence electrons. The van der Waals surface area contributed by atoms with Crippen LogP contribution < -0.4 is 0 Å². The van der Waals surface area contributed by atoms with E-state index >= 15 is 0 Å². The Kier molecular flexibility index (Phi) is 3.49. The van der Waals surface area contributed by atoms with Crippen molar-refractivity contribution in [3.8, 4) is 0 Å². The van der Waals surface area contributed by atoms with Crippen molar-refractivity contribution in [2.75, 3.05) is 13.2 Å². The summed E-state index contributed by atoms with van der Waals surface area (Å²) in [6.45, 7) is 2.57. The van der Waals surface area contributed by atoms with Crippen LogP contribution in [0.15, 0.2) is 0 Å². The molecule has 1 saturated heterocycles. The Bertz CT molecular complexity index is 319. The van der Waals surface area contributed by atoms with Gasteiger partial charge in [0.2, 0.25) is 0 Å². The molecule has 5 nitrogen and oxygen atoms in total. The Morgan fingerprint density at radius 1 is 1.35 bits per heavy atom. The second-order valence-corrected chi connectivity index (χ2v) is 4.96. The highest BCUT2D eigenvalue weighted by atomic mass is 16.7. The van der Waals surface area contributed by atoms with Gasteiger partial charge in [0, 0.05) is 19.3 Å². The van der Waals surface area contributed by atoms with Gasteiger partial charge < -0.3 is 19.4 Å². The van der Waals surface area contributed by atoms with Gasteiger partial charge in [0.05, 0.1) is 19.1 Å². The number of ketones is 1. The van der Waals surface area contributed by atoms with Crippen molar-refractivity contribution in [1.82, 2.24) is 0 Å². The fourth-order valence-corrected chi connectivity index (χ4v) is 2.87. The van der Waals surface area contributed by atoms with Crippen LogP contribution in [0.3, 0.4) is 0 Å². The third-order valence-electron chi connectivity index (χ3n) is 3.68. The molecule has 2 fully saturated rings. The first kappa shape index (κ1) is 12.5. The average molecular weight is 242 g/mol. The predicted octanol–water partition coefficient (Wildman–Crippen LogP) is 1.21. The Morgan fingerprint density at radius 2 is 2.00 bits per heavy atom. The molecule has 0 aromatic carbocycles. The zero-order chi connectivity index (χ0) is 12.5. The van der Waals surface area contributed by atoms with Crippen molar-refractivity contribution >= 4 is 11.8 Å². The van der Waals surface area contributed by atoms with E-state index in [9.17, 15) is 14.7 Å². The lowest BCUT2D eigenvalue weighted by atomic mass is 9.74. The molecule has 2 unspecified atom stereocenters. The van der Waals surface area contributed by atoms with E-state index in [0.29, 0.717) is 38.9 Å². The molecule has 5 heteroatoms. The van der Waals surface area contributed by atoms with Crippen molar-refractivity contribution in [1.29, 1.82) is 0 Å². The van der Waals surface area contributed by atoms with Gasteiger partial charge in [0.1, 0.15) is 5.78 Å². The van der Waals surface area contributed by atoms with E-state index in [0.717, 1.165) is 0 Å². The largest absolute Gasteiger partial charge is 0.481 e. The molecular weight excluding hydrogens is 224 g/mol. The molecule has 0 amide bonds. The first-order chi connectivity index (χ1) is 8.02.